The Bertz CT molecular complexity index is 936. The molecule has 4 rings (SSSR count). The second kappa shape index (κ2) is 6.10. The normalized spacial score (nSPS) is 12.9. The molecular formula is C20H17N3S. The second-order valence-electron chi connectivity index (χ2n) is 5.97. The quantitative estimate of drug-likeness (QED) is 0.694. The highest BCUT2D eigenvalue weighted by Crippen LogP contribution is 2.33. The highest BCUT2D eigenvalue weighted by Gasteiger charge is 2.22. The van der Waals surface area contributed by atoms with Crippen LogP contribution in [0.15, 0.2) is 47.8 Å². The Morgan fingerprint density at radius 1 is 1.17 bits per heavy atom. The van der Waals surface area contributed by atoms with E-state index in [1.54, 1.807) is 11.3 Å². The Morgan fingerprint density at radius 2 is 2.00 bits per heavy atom. The van der Waals surface area contributed by atoms with Crippen molar-refractivity contribution < 1.29 is 0 Å². The van der Waals surface area contributed by atoms with E-state index in [-0.39, 0.29) is 0 Å². The van der Waals surface area contributed by atoms with E-state index in [1.807, 2.05) is 24.3 Å². The number of hydrogen-bond donors (Lipinski definition) is 0. The molecule has 0 saturated carbocycles. The summed E-state index contributed by atoms with van der Waals surface area (Å²) in [5.41, 5.74) is 6.68. The molecule has 2 heterocycles. The van der Waals surface area contributed by atoms with Gasteiger partial charge in [0.1, 0.15) is 0 Å². The lowest BCUT2D eigenvalue weighted by Crippen LogP contribution is -2.14. The number of rotatable bonds is 3. The van der Waals surface area contributed by atoms with Crippen LogP contribution in [0.3, 0.4) is 0 Å². The van der Waals surface area contributed by atoms with Gasteiger partial charge in [0.05, 0.1) is 17.3 Å². The summed E-state index contributed by atoms with van der Waals surface area (Å²) in [6.07, 6.45) is 0.979. The average molecular weight is 331 g/mol. The van der Waals surface area contributed by atoms with Crippen molar-refractivity contribution in [1.82, 2.24) is 4.98 Å². The lowest BCUT2D eigenvalue weighted by Gasteiger charge is -2.12. The van der Waals surface area contributed by atoms with Gasteiger partial charge >= 0.3 is 0 Å². The van der Waals surface area contributed by atoms with Crippen LogP contribution in [0, 0.1) is 11.3 Å². The van der Waals surface area contributed by atoms with Crippen molar-refractivity contribution >= 4 is 16.5 Å². The summed E-state index contributed by atoms with van der Waals surface area (Å²) in [6, 6.07) is 16.6. The maximum absolute atomic E-state index is 9.32. The van der Waals surface area contributed by atoms with Crippen molar-refractivity contribution in [2.45, 2.75) is 26.4 Å². The van der Waals surface area contributed by atoms with Crippen molar-refractivity contribution in [2.75, 3.05) is 4.90 Å². The SMILES string of the molecule is CCc1csc(N2Cc3ccc(-c4ccccc4C#N)cc3C2)n1. The van der Waals surface area contributed by atoms with E-state index < -0.39 is 0 Å². The summed E-state index contributed by atoms with van der Waals surface area (Å²) in [7, 11) is 0. The molecule has 2 aromatic carbocycles. The van der Waals surface area contributed by atoms with Gasteiger partial charge in [0.2, 0.25) is 0 Å². The van der Waals surface area contributed by atoms with E-state index in [1.165, 1.54) is 11.1 Å². The second-order valence-corrected chi connectivity index (χ2v) is 6.81. The predicted molar refractivity (Wildman–Crippen MR) is 98.0 cm³/mol. The lowest BCUT2D eigenvalue weighted by atomic mass is 9.97. The van der Waals surface area contributed by atoms with E-state index >= 15 is 0 Å². The molecule has 0 unspecified atom stereocenters. The first-order valence-electron chi connectivity index (χ1n) is 8.09. The van der Waals surface area contributed by atoms with Crippen LogP contribution in [0.2, 0.25) is 0 Å². The minimum Gasteiger partial charge on any atom is -0.339 e. The first-order chi connectivity index (χ1) is 11.8. The minimum atomic E-state index is 0.722. The van der Waals surface area contributed by atoms with Crippen molar-refractivity contribution in [1.29, 1.82) is 5.26 Å². The first-order valence-corrected chi connectivity index (χ1v) is 8.97. The molecule has 1 aliphatic rings. The van der Waals surface area contributed by atoms with Gasteiger partial charge in [0, 0.05) is 18.5 Å². The lowest BCUT2D eigenvalue weighted by molar-refractivity contribution is 0.865. The summed E-state index contributed by atoms with van der Waals surface area (Å²) in [6.45, 7) is 3.93. The molecule has 3 aromatic rings. The molecule has 0 radical (unpaired) electrons. The maximum Gasteiger partial charge on any atom is 0.186 e. The molecule has 24 heavy (non-hydrogen) atoms. The van der Waals surface area contributed by atoms with Crippen LogP contribution in [0.1, 0.15) is 29.3 Å². The molecule has 0 fully saturated rings. The number of thiazole rings is 1. The number of nitriles is 1. The van der Waals surface area contributed by atoms with Gasteiger partial charge in [-0.05, 0) is 40.8 Å². The van der Waals surface area contributed by atoms with Crippen molar-refractivity contribution in [2.24, 2.45) is 0 Å². The van der Waals surface area contributed by atoms with Crippen molar-refractivity contribution in [3.8, 4) is 17.2 Å². The van der Waals surface area contributed by atoms with Gasteiger partial charge in [0.25, 0.3) is 0 Å². The topological polar surface area (TPSA) is 39.9 Å². The molecule has 0 aliphatic carbocycles. The molecule has 0 spiro atoms. The Hall–Kier alpha value is -2.64. The van der Waals surface area contributed by atoms with E-state index in [0.29, 0.717) is 0 Å². The van der Waals surface area contributed by atoms with Gasteiger partial charge in [-0.25, -0.2) is 4.98 Å². The average Bonchev–Trinajstić information content (AvgIpc) is 3.27. The summed E-state index contributed by atoms with van der Waals surface area (Å²) in [5, 5.41) is 12.6. The van der Waals surface area contributed by atoms with Crippen LogP contribution in [0.25, 0.3) is 11.1 Å². The van der Waals surface area contributed by atoms with E-state index in [4.69, 9.17) is 4.98 Å². The van der Waals surface area contributed by atoms with Gasteiger partial charge in [-0.2, -0.15) is 5.26 Å². The van der Waals surface area contributed by atoms with Crippen LogP contribution in [0.4, 0.5) is 5.13 Å². The third kappa shape index (κ3) is 2.57. The van der Waals surface area contributed by atoms with E-state index in [9.17, 15) is 5.26 Å². The van der Waals surface area contributed by atoms with Crippen LogP contribution < -0.4 is 4.90 Å². The first kappa shape index (κ1) is 14.9. The van der Waals surface area contributed by atoms with Gasteiger partial charge in [0.15, 0.2) is 5.13 Å². The summed E-state index contributed by atoms with van der Waals surface area (Å²) in [4.78, 5) is 7.03. The monoisotopic (exact) mass is 331 g/mol. The van der Waals surface area contributed by atoms with Gasteiger partial charge in [-0.1, -0.05) is 37.3 Å². The van der Waals surface area contributed by atoms with Gasteiger partial charge in [-0.15, -0.1) is 11.3 Å². The zero-order valence-corrected chi connectivity index (χ0v) is 14.3. The number of hydrogen-bond acceptors (Lipinski definition) is 4. The Morgan fingerprint density at radius 3 is 2.79 bits per heavy atom. The number of fused-ring (bicyclic) bond motifs is 1. The molecule has 0 atom stereocenters. The number of anilines is 1. The van der Waals surface area contributed by atoms with Crippen molar-refractivity contribution in [3.63, 3.8) is 0 Å². The number of benzene rings is 2. The van der Waals surface area contributed by atoms with Crippen molar-refractivity contribution in [3.05, 3.63) is 70.2 Å². The molecular weight excluding hydrogens is 314 g/mol. The third-order valence-electron chi connectivity index (χ3n) is 4.46. The smallest absolute Gasteiger partial charge is 0.186 e. The van der Waals surface area contributed by atoms with Crippen LogP contribution >= 0.6 is 11.3 Å². The standard InChI is InChI=1S/C20H17N3S/c1-2-18-13-24-20(22-18)23-11-16-8-7-14(9-17(16)12-23)19-6-4-3-5-15(19)10-21/h3-9,13H,2,11-12H2,1H3. The number of aromatic nitrogens is 1. The van der Waals surface area contributed by atoms with E-state index in [2.05, 4.69) is 41.5 Å². The summed E-state index contributed by atoms with van der Waals surface area (Å²) >= 11 is 1.72. The molecule has 4 heteroatoms. The summed E-state index contributed by atoms with van der Waals surface area (Å²) in [5.74, 6) is 0. The van der Waals surface area contributed by atoms with Crippen LogP contribution in [-0.2, 0) is 19.5 Å². The Kier molecular flexibility index (Phi) is 3.79. The Labute approximate surface area is 145 Å². The highest BCUT2D eigenvalue weighted by molar-refractivity contribution is 7.13. The fourth-order valence-electron chi connectivity index (χ4n) is 3.13. The molecule has 0 N–H and O–H groups in total. The molecule has 0 bridgehead atoms. The number of nitrogens with zero attached hydrogens (tertiary/aromatic N) is 3. The fraction of sp³-hybridized carbons (Fsp3) is 0.200. The number of aryl methyl sites for hydroxylation is 1. The van der Waals surface area contributed by atoms with Crippen LogP contribution in [0.5, 0.6) is 0 Å². The molecule has 0 saturated heterocycles. The molecule has 1 aromatic heterocycles. The minimum absolute atomic E-state index is 0.722. The van der Waals surface area contributed by atoms with E-state index in [0.717, 1.165) is 47.0 Å². The zero-order valence-electron chi connectivity index (χ0n) is 13.5. The van der Waals surface area contributed by atoms with Gasteiger partial charge < -0.3 is 4.90 Å². The van der Waals surface area contributed by atoms with Gasteiger partial charge in [-0.3, -0.25) is 0 Å². The zero-order chi connectivity index (χ0) is 16.5. The third-order valence-corrected chi connectivity index (χ3v) is 5.41. The highest BCUT2D eigenvalue weighted by atomic mass is 32.1. The predicted octanol–water partition coefficient (Wildman–Crippen LogP) is 4.76. The molecule has 118 valence electrons. The maximum atomic E-state index is 9.32. The fourth-order valence-corrected chi connectivity index (χ4v) is 4.04. The largest absolute Gasteiger partial charge is 0.339 e. The molecule has 3 nitrogen and oxygen atoms in total. The molecule has 0 amide bonds. The molecule has 1 aliphatic heterocycles. The Balaban J connectivity index is 1.65. The van der Waals surface area contributed by atoms with Crippen LogP contribution in [-0.4, -0.2) is 4.98 Å². The summed E-state index contributed by atoms with van der Waals surface area (Å²) < 4.78 is 0.